The summed E-state index contributed by atoms with van der Waals surface area (Å²) in [5.41, 5.74) is 1.60. The van der Waals surface area contributed by atoms with Gasteiger partial charge in [-0.25, -0.2) is 13.2 Å². The van der Waals surface area contributed by atoms with Crippen LogP contribution < -0.4 is 0 Å². The van der Waals surface area contributed by atoms with E-state index in [1.54, 1.807) is 13.0 Å². The summed E-state index contributed by atoms with van der Waals surface area (Å²) in [7, 11) is -2.11. The lowest BCUT2D eigenvalue weighted by molar-refractivity contribution is 0.0599. The first-order chi connectivity index (χ1) is 7.45. The molecular formula is C11H10O4S. The molecule has 0 saturated heterocycles. The number of aryl methyl sites for hydroxylation is 1. The molecule has 0 amide bonds. The van der Waals surface area contributed by atoms with Gasteiger partial charge in [-0.05, 0) is 36.3 Å². The molecule has 84 valence electrons. The van der Waals surface area contributed by atoms with E-state index < -0.39 is 15.8 Å². The van der Waals surface area contributed by atoms with Crippen LogP contribution in [0.3, 0.4) is 0 Å². The molecular weight excluding hydrogens is 228 g/mol. The maximum absolute atomic E-state index is 11.6. The molecule has 1 aromatic carbocycles. The Morgan fingerprint density at radius 2 is 2.00 bits per heavy atom. The molecule has 4 nitrogen and oxygen atoms in total. The van der Waals surface area contributed by atoms with Gasteiger partial charge in [0.05, 0.1) is 17.6 Å². The van der Waals surface area contributed by atoms with Gasteiger partial charge in [0.15, 0.2) is 9.84 Å². The number of hydrogen-bond donors (Lipinski definition) is 0. The van der Waals surface area contributed by atoms with Crippen LogP contribution in [0.2, 0.25) is 0 Å². The van der Waals surface area contributed by atoms with Crippen LogP contribution in [0.1, 0.15) is 21.5 Å². The van der Waals surface area contributed by atoms with Crippen molar-refractivity contribution in [2.24, 2.45) is 0 Å². The number of rotatable bonds is 1. The number of carbonyl (C=O) groups is 1. The van der Waals surface area contributed by atoms with E-state index in [1.807, 2.05) is 0 Å². The van der Waals surface area contributed by atoms with Crippen molar-refractivity contribution in [3.8, 4) is 0 Å². The molecule has 0 saturated carbocycles. The number of ether oxygens (including phenoxy) is 1. The van der Waals surface area contributed by atoms with Gasteiger partial charge >= 0.3 is 5.97 Å². The van der Waals surface area contributed by atoms with Gasteiger partial charge in [0, 0.05) is 5.41 Å². The Kier molecular flexibility index (Phi) is 2.35. The topological polar surface area (TPSA) is 60.4 Å². The zero-order chi connectivity index (χ0) is 11.9. The van der Waals surface area contributed by atoms with Crippen LogP contribution in [-0.4, -0.2) is 21.5 Å². The van der Waals surface area contributed by atoms with Gasteiger partial charge in [0.25, 0.3) is 0 Å². The molecule has 0 spiro atoms. The maximum atomic E-state index is 11.6. The number of carbonyl (C=O) groups excluding carboxylic acids is 1. The number of benzene rings is 1. The summed E-state index contributed by atoms with van der Waals surface area (Å²) in [4.78, 5) is 11.6. The van der Waals surface area contributed by atoms with Crippen LogP contribution in [0, 0.1) is 6.92 Å². The molecule has 1 aliphatic rings. The lowest BCUT2D eigenvalue weighted by atomic mass is 10.1. The fourth-order valence-electron chi connectivity index (χ4n) is 1.65. The highest BCUT2D eigenvalue weighted by molar-refractivity contribution is 7.94. The molecule has 1 aromatic rings. The van der Waals surface area contributed by atoms with E-state index in [4.69, 9.17) is 0 Å². The van der Waals surface area contributed by atoms with Crippen molar-refractivity contribution >= 4 is 21.9 Å². The van der Waals surface area contributed by atoms with E-state index in [0.717, 1.165) is 5.41 Å². The van der Waals surface area contributed by atoms with Crippen molar-refractivity contribution in [1.29, 1.82) is 0 Å². The molecule has 0 N–H and O–H groups in total. The molecule has 16 heavy (non-hydrogen) atoms. The molecule has 0 bridgehead atoms. The van der Waals surface area contributed by atoms with Crippen molar-refractivity contribution in [1.82, 2.24) is 0 Å². The van der Waals surface area contributed by atoms with Gasteiger partial charge in [-0.3, -0.25) is 0 Å². The molecule has 0 fully saturated rings. The highest BCUT2D eigenvalue weighted by Gasteiger charge is 2.23. The predicted octanol–water partition coefficient (Wildman–Crippen LogP) is 1.54. The standard InChI is InChI=1S/C11H10O4S/c1-7-5-8-3-4-16(13,14)10(8)6-9(7)11(12)15-2/h3-6H,1-2H3. The highest BCUT2D eigenvalue weighted by atomic mass is 32.2. The summed E-state index contributed by atoms with van der Waals surface area (Å²) < 4.78 is 27.8. The zero-order valence-corrected chi connectivity index (χ0v) is 9.67. The lowest BCUT2D eigenvalue weighted by Gasteiger charge is -2.06. The second kappa shape index (κ2) is 3.45. The Labute approximate surface area is 93.5 Å². The average Bonchev–Trinajstić information content (AvgIpc) is 2.52. The van der Waals surface area contributed by atoms with Gasteiger partial charge < -0.3 is 4.74 Å². The Balaban J connectivity index is 2.68. The first-order valence-corrected chi connectivity index (χ1v) is 6.16. The van der Waals surface area contributed by atoms with E-state index >= 15 is 0 Å². The number of fused-ring (bicyclic) bond motifs is 1. The fourth-order valence-corrected chi connectivity index (χ4v) is 2.86. The van der Waals surface area contributed by atoms with Crippen LogP contribution in [0.4, 0.5) is 0 Å². The molecule has 0 aromatic heterocycles. The summed E-state index contributed by atoms with van der Waals surface area (Å²) in [5, 5.41) is 1.14. The number of methoxy groups -OCH3 is 1. The summed E-state index contributed by atoms with van der Waals surface area (Å²) >= 11 is 0. The second-order valence-electron chi connectivity index (χ2n) is 3.54. The summed E-state index contributed by atoms with van der Waals surface area (Å²) in [5.74, 6) is -0.526. The van der Waals surface area contributed by atoms with Crippen LogP contribution >= 0.6 is 0 Å². The van der Waals surface area contributed by atoms with Crippen molar-refractivity contribution < 1.29 is 17.9 Å². The predicted molar refractivity (Wildman–Crippen MR) is 58.7 cm³/mol. The van der Waals surface area contributed by atoms with Gasteiger partial charge in [0.2, 0.25) is 0 Å². The minimum absolute atomic E-state index is 0.165. The highest BCUT2D eigenvalue weighted by Crippen LogP contribution is 2.29. The van der Waals surface area contributed by atoms with Gasteiger partial charge in [0.1, 0.15) is 0 Å². The van der Waals surface area contributed by atoms with Gasteiger partial charge in [-0.15, -0.1) is 0 Å². The van der Waals surface area contributed by atoms with Crippen LogP contribution in [0.5, 0.6) is 0 Å². The minimum Gasteiger partial charge on any atom is -0.465 e. The largest absolute Gasteiger partial charge is 0.465 e. The van der Waals surface area contributed by atoms with Crippen molar-refractivity contribution in [2.75, 3.05) is 7.11 Å². The van der Waals surface area contributed by atoms with E-state index in [-0.39, 0.29) is 10.5 Å². The third-order valence-corrected chi connectivity index (χ3v) is 3.96. The molecule has 2 rings (SSSR count). The smallest absolute Gasteiger partial charge is 0.338 e. The molecule has 5 heteroatoms. The number of esters is 1. The molecule has 0 unspecified atom stereocenters. The van der Waals surface area contributed by atoms with E-state index in [9.17, 15) is 13.2 Å². The van der Waals surface area contributed by atoms with Crippen molar-refractivity contribution in [2.45, 2.75) is 11.8 Å². The van der Waals surface area contributed by atoms with Crippen LogP contribution in [-0.2, 0) is 14.6 Å². The number of hydrogen-bond acceptors (Lipinski definition) is 4. The lowest BCUT2D eigenvalue weighted by Crippen LogP contribution is -2.06. The Morgan fingerprint density at radius 3 is 2.62 bits per heavy atom. The average molecular weight is 238 g/mol. The monoisotopic (exact) mass is 238 g/mol. The summed E-state index contributed by atoms with van der Waals surface area (Å²) in [6, 6.07) is 3.04. The minimum atomic E-state index is -3.37. The summed E-state index contributed by atoms with van der Waals surface area (Å²) in [6.45, 7) is 1.74. The molecule has 0 aliphatic carbocycles. The number of sulfone groups is 1. The third-order valence-electron chi connectivity index (χ3n) is 2.50. The van der Waals surface area contributed by atoms with E-state index in [1.165, 1.54) is 19.3 Å². The van der Waals surface area contributed by atoms with Gasteiger partial charge in [-0.2, -0.15) is 0 Å². The quantitative estimate of drug-likeness (QED) is 0.696. The SMILES string of the molecule is COC(=O)c1cc2c(cc1C)C=CS2(=O)=O. The Bertz CT molecular complexity index is 597. The van der Waals surface area contributed by atoms with Crippen molar-refractivity contribution in [3.05, 3.63) is 34.2 Å². The normalized spacial score (nSPS) is 15.9. The maximum Gasteiger partial charge on any atom is 0.338 e. The molecule has 0 atom stereocenters. The first-order valence-electron chi connectivity index (χ1n) is 4.62. The molecule has 0 radical (unpaired) electrons. The first kappa shape index (κ1) is 10.9. The van der Waals surface area contributed by atoms with Crippen LogP contribution in [0.15, 0.2) is 22.4 Å². The van der Waals surface area contributed by atoms with E-state index in [2.05, 4.69) is 4.74 Å². The van der Waals surface area contributed by atoms with Crippen LogP contribution in [0.25, 0.3) is 6.08 Å². The van der Waals surface area contributed by atoms with Gasteiger partial charge in [-0.1, -0.05) is 0 Å². The van der Waals surface area contributed by atoms with E-state index in [0.29, 0.717) is 11.1 Å². The molecule has 1 aliphatic heterocycles. The van der Waals surface area contributed by atoms with Crippen molar-refractivity contribution in [3.63, 3.8) is 0 Å². The Hall–Kier alpha value is -1.62. The third kappa shape index (κ3) is 1.53. The summed E-state index contributed by atoms with van der Waals surface area (Å²) in [6.07, 6.45) is 1.53. The fraction of sp³-hybridized carbons (Fsp3) is 0.182. The zero-order valence-electron chi connectivity index (χ0n) is 8.85. The Morgan fingerprint density at radius 1 is 1.31 bits per heavy atom. The second-order valence-corrected chi connectivity index (χ2v) is 5.35. The molecule has 1 heterocycles.